The van der Waals surface area contributed by atoms with E-state index < -0.39 is 10.0 Å². The lowest BCUT2D eigenvalue weighted by atomic mass is 10.2. The quantitative estimate of drug-likeness (QED) is 0.874. The van der Waals surface area contributed by atoms with E-state index in [2.05, 4.69) is 20.0 Å². The Hall–Kier alpha value is -2.26. The highest BCUT2D eigenvalue weighted by atomic mass is 32.2. The van der Waals surface area contributed by atoms with Gasteiger partial charge in [0.05, 0.1) is 10.6 Å². The molecule has 0 aliphatic carbocycles. The summed E-state index contributed by atoms with van der Waals surface area (Å²) in [4.78, 5) is 21.4. The highest BCUT2D eigenvalue weighted by Gasteiger charge is 2.30. The van der Waals surface area contributed by atoms with Crippen molar-refractivity contribution in [2.45, 2.75) is 18.7 Å². The van der Waals surface area contributed by atoms with Crippen molar-refractivity contribution in [2.75, 3.05) is 11.9 Å². The Morgan fingerprint density at radius 3 is 2.78 bits per heavy atom. The fourth-order valence-electron chi connectivity index (χ4n) is 2.09. The molecular weight excluding hydrogens is 336 g/mol. The molecule has 0 radical (unpaired) electrons. The number of aryl methyl sites for hydroxylation is 2. The number of benzene rings is 1. The lowest BCUT2D eigenvalue weighted by molar-refractivity contribution is -0.114. The second-order valence-electron chi connectivity index (χ2n) is 4.98. The number of hydrogen-bond acceptors (Lipinski definition) is 6. The summed E-state index contributed by atoms with van der Waals surface area (Å²) in [6.45, 7) is 3.60. The van der Waals surface area contributed by atoms with Crippen LogP contribution in [0.1, 0.15) is 16.1 Å². The molecule has 7 nitrogen and oxygen atoms in total. The van der Waals surface area contributed by atoms with Gasteiger partial charge < -0.3 is 5.32 Å². The van der Waals surface area contributed by atoms with E-state index in [1.165, 1.54) is 17.4 Å². The minimum absolute atomic E-state index is 0.172. The average molecular weight is 350 g/mol. The van der Waals surface area contributed by atoms with Crippen LogP contribution >= 0.6 is 11.3 Å². The summed E-state index contributed by atoms with van der Waals surface area (Å²) in [6.07, 6.45) is 0. The molecule has 1 aromatic heterocycles. The van der Waals surface area contributed by atoms with Crippen LogP contribution in [0.4, 0.5) is 5.13 Å². The Kier molecular flexibility index (Phi) is 3.90. The van der Waals surface area contributed by atoms with E-state index >= 15 is 0 Å². The number of nitrogens with one attached hydrogen (secondary N) is 2. The van der Waals surface area contributed by atoms with Gasteiger partial charge >= 0.3 is 0 Å². The molecule has 3 rings (SSSR count). The topological polar surface area (TPSA) is 101 Å². The first kappa shape index (κ1) is 15.6. The molecule has 0 atom stereocenters. The zero-order valence-corrected chi connectivity index (χ0v) is 14.1. The van der Waals surface area contributed by atoms with Gasteiger partial charge in [-0.15, -0.1) is 11.3 Å². The summed E-state index contributed by atoms with van der Waals surface area (Å²) < 4.78 is 26.2. The number of nitrogens with zero attached hydrogens (tertiary/aromatic N) is 2. The Morgan fingerprint density at radius 2 is 2.09 bits per heavy atom. The van der Waals surface area contributed by atoms with Crippen LogP contribution in [0.2, 0.25) is 0 Å². The summed E-state index contributed by atoms with van der Waals surface area (Å²) in [7, 11) is -3.59. The Bertz CT molecular complexity index is 896. The van der Waals surface area contributed by atoms with Gasteiger partial charge in [-0.05, 0) is 26.0 Å². The lowest BCUT2D eigenvalue weighted by Crippen LogP contribution is -2.24. The summed E-state index contributed by atoms with van der Waals surface area (Å²) in [5.41, 5.74) is 1.34. The molecule has 0 saturated carbocycles. The minimum atomic E-state index is -3.59. The molecule has 1 amide bonds. The summed E-state index contributed by atoms with van der Waals surface area (Å²) in [5.74, 6) is -0.169. The second kappa shape index (κ2) is 5.74. The maximum Gasteiger partial charge on any atom is 0.263 e. The molecule has 23 heavy (non-hydrogen) atoms. The van der Waals surface area contributed by atoms with E-state index in [0.717, 1.165) is 10.6 Å². The maximum absolute atomic E-state index is 11.9. The van der Waals surface area contributed by atoms with Crippen LogP contribution in [0.25, 0.3) is 0 Å². The van der Waals surface area contributed by atoms with Crippen molar-refractivity contribution < 1.29 is 13.2 Å². The van der Waals surface area contributed by atoms with E-state index in [4.69, 9.17) is 0 Å². The number of rotatable bonds is 3. The van der Waals surface area contributed by atoms with Crippen LogP contribution in [0.5, 0.6) is 0 Å². The van der Waals surface area contributed by atoms with Crippen molar-refractivity contribution in [1.82, 2.24) is 9.71 Å². The van der Waals surface area contributed by atoms with E-state index in [1.54, 1.807) is 18.2 Å². The predicted octanol–water partition coefficient (Wildman–Crippen LogP) is 1.44. The van der Waals surface area contributed by atoms with Gasteiger partial charge in [0, 0.05) is 10.4 Å². The monoisotopic (exact) mass is 350 g/mol. The van der Waals surface area contributed by atoms with Gasteiger partial charge in [0.1, 0.15) is 12.4 Å². The molecule has 0 spiro atoms. The number of carbonyl (C=O) groups is 1. The van der Waals surface area contributed by atoms with Crippen molar-refractivity contribution in [3.63, 3.8) is 0 Å². The number of hydrogen-bond donors (Lipinski definition) is 2. The van der Waals surface area contributed by atoms with Gasteiger partial charge in [-0.2, -0.15) is 0 Å². The molecule has 2 aromatic rings. The fourth-order valence-corrected chi connectivity index (χ4v) is 4.17. The third-order valence-corrected chi connectivity index (χ3v) is 5.70. The van der Waals surface area contributed by atoms with E-state index in [0.29, 0.717) is 10.7 Å². The van der Waals surface area contributed by atoms with Gasteiger partial charge in [0.2, 0.25) is 5.91 Å². The zero-order chi connectivity index (χ0) is 16.6. The smallest absolute Gasteiger partial charge is 0.263 e. The van der Waals surface area contributed by atoms with Crippen LogP contribution in [-0.2, 0) is 14.8 Å². The molecule has 0 fully saturated rings. The van der Waals surface area contributed by atoms with E-state index in [1.807, 2.05) is 13.8 Å². The molecule has 1 aromatic carbocycles. The van der Waals surface area contributed by atoms with Crippen LogP contribution in [-0.4, -0.2) is 31.7 Å². The largest absolute Gasteiger partial charge is 0.300 e. The molecule has 120 valence electrons. The highest BCUT2D eigenvalue weighted by Crippen LogP contribution is 2.23. The average Bonchev–Trinajstić information content (AvgIpc) is 2.94. The standard InChI is InChI=1S/C14H14N4O3S2/c1-8-9(2)22-14(16-8)17-12(19)7-15-13-10-5-3-4-6-11(10)23(20,21)18-13/h3-6H,7H2,1-2H3,(H,15,18)(H,16,17,19). The number of anilines is 1. The fraction of sp³-hybridized carbons (Fsp3) is 0.214. The third kappa shape index (κ3) is 3.10. The predicted molar refractivity (Wildman–Crippen MR) is 88.4 cm³/mol. The summed E-state index contributed by atoms with van der Waals surface area (Å²) >= 11 is 1.39. The van der Waals surface area contributed by atoms with Crippen LogP contribution in [0, 0.1) is 13.8 Å². The van der Waals surface area contributed by atoms with E-state index in [-0.39, 0.29) is 23.2 Å². The third-order valence-electron chi connectivity index (χ3n) is 3.32. The van der Waals surface area contributed by atoms with E-state index in [9.17, 15) is 13.2 Å². The number of amidine groups is 1. The molecule has 0 saturated heterocycles. The molecule has 0 bridgehead atoms. The summed E-state index contributed by atoms with van der Waals surface area (Å²) in [6, 6.07) is 6.51. The Morgan fingerprint density at radius 1 is 1.35 bits per heavy atom. The van der Waals surface area contributed by atoms with Gasteiger partial charge in [0.25, 0.3) is 10.0 Å². The Labute approximate surface area is 137 Å². The normalized spacial score (nSPS) is 16.9. The number of amides is 1. The first-order chi connectivity index (χ1) is 10.9. The minimum Gasteiger partial charge on any atom is -0.300 e. The van der Waals surface area contributed by atoms with Crippen LogP contribution in [0.3, 0.4) is 0 Å². The SMILES string of the molecule is Cc1nc(NC(=O)CN=C2NS(=O)(=O)c3ccccc32)sc1C. The molecule has 9 heteroatoms. The van der Waals surface area contributed by atoms with Crippen molar-refractivity contribution in [3.8, 4) is 0 Å². The van der Waals surface area contributed by atoms with Crippen molar-refractivity contribution in [1.29, 1.82) is 0 Å². The second-order valence-corrected chi connectivity index (χ2v) is 7.83. The molecule has 0 unspecified atom stereocenters. The number of aromatic nitrogens is 1. The Balaban J connectivity index is 1.75. The highest BCUT2D eigenvalue weighted by molar-refractivity contribution is 7.90. The number of aliphatic imine (C=N–C) groups is 1. The summed E-state index contributed by atoms with van der Waals surface area (Å²) in [5, 5.41) is 3.17. The van der Waals surface area contributed by atoms with Crippen LogP contribution < -0.4 is 10.0 Å². The lowest BCUT2D eigenvalue weighted by Gasteiger charge is -2.00. The molecule has 1 aliphatic rings. The van der Waals surface area contributed by atoms with Crippen molar-refractivity contribution in [2.24, 2.45) is 4.99 Å². The number of sulfonamides is 1. The van der Waals surface area contributed by atoms with Gasteiger partial charge in [-0.3, -0.25) is 14.5 Å². The molecule has 2 N–H and O–H groups in total. The maximum atomic E-state index is 11.9. The molecule has 2 heterocycles. The van der Waals surface area contributed by atoms with Gasteiger partial charge in [0.15, 0.2) is 5.13 Å². The number of carbonyl (C=O) groups excluding carboxylic acids is 1. The first-order valence-corrected chi connectivity index (χ1v) is 9.07. The van der Waals surface area contributed by atoms with Gasteiger partial charge in [-0.25, -0.2) is 13.4 Å². The zero-order valence-electron chi connectivity index (χ0n) is 12.5. The van der Waals surface area contributed by atoms with Gasteiger partial charge in [-0.1, -0.05) is 12.1 Å². The first-order valence-electron chi connectivity index (χ1n) is 6.77. The molecule has 1 aliphatic heterocycles. The van der Waals surface area contributed by atoms with Crippen LogP contribution in [0.15, 0.2) is 34.2 Å². The van der Waals surface area contributed by atoms with Crippen molar-refractivity contribution in [3.05, 3.63) is 40.4 Å². The number of fused-ring (bicyclic) bond motifs is 1. The number of thiazole rings is 1. The molecular formula is C14H14N4O3S2. The van der Waals surface area contributed by atoms with Crippen molar-refractivity contribution >= 4 is 38.2 Å².